The number of hydrogen-bond acceptors (Lipinski definition) is 9. The molecule has 0 spiro atoms. The van der Waals surface area contributed by atoms with E-state index in [0.717, 1.165) is 24.4 Å². The smallest absolute Gasteiger partial charge is 0.410 e. The molecule has 1 aromatic carbocycles. The molecular weight excluding hydrogens is 630 g/mol. The molecule has 2 aromatic heterocycles. The predicted octanol–water partition coefficient (Wildman–Crippen LogP) is 5.62. The van der Waals surface area contributed by atoms with Gasteiger partial charge in [0, 0.05) is 32.5 Å². The summed E-state index contributed by atoms with van der Waals surface area (Å²) in [6, 6.07) is 6.10. The lowest BCUT2D eigenvalue weighted by Gasteiger charge is -2.36. The molecule has 3 heterocycles. The van der Waals surface area contributed by atoms with Gasteiger partial charge in [-0.3, -0.25) is 4.79 Å². The molecule has 2 aliphatic rings. The van der Waals surface area contributed by atoms with Gasteiger partial charge in [-0.1, -0.05) is 19.6 Å². The molecule has 1 aliphatic carbocycles. The fourth-order valence-corrected chi connectivity index (χ4v) is 6.48. The quantitative estimate of drug-likeness (QED) is 0.184. The summed E-state index contributed by atoms with van der Waals surface area (Å²) in [5.41, 5.74) is 2.87. The molecule has 2 amide bonds. The van der Waals surface area contributed by atoms with Gasteiger partial charge in [-0.15, -0.1) is 0 Å². The fraction of sp³-hybridized carbons (Fsp3) is 0.600. The number of methoxy groups -OCH3 is 1. The van der Waals surface area contributed by atoms with Crippen LogP contribution in [0.2, 0.25) is 25.7 Å². The molecule has 262 valence electrons. The van der Waals surface area contributed by atoms with Crippen LogP contribution < -0.4 is 14.8 Å². The van der Waals surface area contributed by atoms with Gasteiger partial charge in [0.25, 0.3) is 5.91 Å². The van der Waals surface area contributed by atoms with E-state index in [1.165, 1.54) is 11.2 Å². The summed E-state index contributed by atoms with van der Waals surface area (Å²) in [4.78, 5) is 37.6. The highest BCUT2D eigenvalue weighted by atomic mass is 28.3. The Balaban J connectivity index is 1.48. The summed E-state index contributed by atoms with van der Waals surface area (Å²) in [5.74, 6) is 1.52. The number of carbonyl (C=O) groups is 2. The summed E-state index contributed by atoms with van der Waals surface area (Å²) < 4.78 is 25.5. The van der Waals surface area contributed by atoms with Crippen molar-refractivity contribution in [3.63, 3.8) is 0 Å². The van der Waals surface area contributed by atoms with E-state index in [4.69, 9.17) is 23.9 Å². The van der Waals surface area contributed by atoms with Gasteiger partial charge in [-0.2, -0.15) is 0 Å². The first-order chi connectivity index (χ1) is 22.6. The number of amides is 2. The normalized spacial score (nSPS) is 18.6. The molecule has 13 heteroatoms. The Hall–Kier alpha value is -3.68. The number of carbonyl (C=O) groups excluding carboxylic acids is 2. The van der Waals surface area contributed by atoms with Crippen LogP contribution in [0.5, 0.6) is 11.5 Å². The molecular formula is C35H51N5O7Si. The average molecular weight is 682 g/mol. The average Bonchev–Trinajstić information content (AvgIpc) is 3.80. The summed E-state index contributed by atoms with van der Waals surface area (Å²) in [7, 11) is 0.283. The van der Waals surface area contributed by atoms with E-state index < -0.39 is 31.9 Å². The van der Waals surface area contributed by atoms with Crippen LogP contribution >= 0.6 is 0 Å². The van der Waals surface area contributed by atoms with Gasteiger partial charge in [0.1, 0.15) is 41.4 Å². The monoisotopic (exact) mass is 681 g/mol. The first-order valence-electron chi connectivity index (χ1n) is 16.8. The number of hydrogen-bond donors (Lipinski definition) is 2. The Labute approximate surface area is 284 Å². The molecule has 1 saturated carbocycles. The predicted molar refractivity (Wildman–Crippen MR) is 186 cm³/mol. The van der Waals surface area contributed by atoms with Crippen LogP contribution in [-0.4, -0.2) is 95.8 Å². The number of aromatic nitrogens is 3. The summed E-state index contributed by atoms with van der Waals surface area (Å²) in [6.45, 7) is 16.0. The van der Waals surface area contributed by atoms with E-state index in [0.29, 0.717) is 71.6 Å². The van der Waals surface area contributed by atoms with Gasteiger partial charge < -0.3 is 38.8 Å². The highest BCUT2D eigenvalue weighted by Gasteiger charge is 2.35. The Morgan fingerprint density at radius 3 is 2.52 bits per heavy atom. The highest BCUT2D eigenvalue weighted by molar-refractivity contribution is 6.76. The van der Waals surface area contributed by atoms with Crippen molar-refractivity contribution in [2.24, 2.45) is 5.92 Å². The van der Waals surface area contributed by atoms with E-state index in [2.05, 4.69) is 29.9 Å². The van der Waals surface area contributed by atoms with E-state index in [9.17, 15) is 14.7 Å². The lowest BCUT2D eigenvalue weighted by Crippen LogP contribution is -2.56. The number of β-amino-alcohol motifs (C(OH)–C–C–N with tert-alkyl or cyclic N) is 1. The molecule has 5 rings (SSSR count). The molecule has 0 bridgehead atoms. The Bertz CT molecular complexity index is 1630. The molecule has 0 unspecified atom stereocenters. The topological polar surface area (TPSA) is 137 Å². The lowest BCUT2D eigenvalue weighted by atomic mass is 10.0. The third kappa shape index (κ3) is 8.66. The number of aliphatic hydroxyl groups excluding tert-OH is 1. The number of nitrogens with zero attached hydrogens (tertiary/aromatic N) is 4. The first kappa shape index (κ1) is 35.6. The van der Waals surface area contributed by atoms with Crippen LogP contribution in [0.4, 0.5) is 4.79 Å². The lowest BCUT2D eigenvalue weighted by molar-refractivity contribution is -0.00408. The fourth-order valence-electron chi connectivity index (χ4n) is 5.73. The molecule has 2 N–H and O–H groups in total. The van der Waals surface area contributed by atoms with Crippen molar-refractivity contribution in [2.45, 2.75) is 97.1 Å². The summed E-state index contributed by atoms with van der Waals surface area (Å²) in [5, 5.41) is 14.0. The molecule has 12 nitrogen and oxygen atoms in total. The van der Waals surface area contributed by atoms with Crippen molar-refractivity contribution in [1.29, 1.82) is 0 Å². The van der Waals surface area contributed by atoms with Crippen LogP contribution in [0.15, 0.2) is 24.5 Å². The third-order valence-electron chi connectivity index (χ3n) is 8.70. The molecule has 1 saturated heterocycles. The van der Waals surface area contributed by atoms with Crippen molar-refractivity contribution in [3.05, 3.63) is 35.8 Å². The molecule has 3 aromatic rings. The van der Waals surface area contributed by atoms with E-state index in [1.54, 1.807) is 27.9 Å². The van der Waals surface area contributed by atoms with E-state index in [-0.39, 0.29) is 19.2 Å². The van der Waals surface area contributed by atoms with Crippen molar-refractivity contribution in [2.75, 3.05) is 33.4 Å². The van der Waals surface area contributed by atoms with Crippen LogP contribution in [0.1, 0.15) is 56.1 Å². The van der Waals surface area contributed by atoms with Crippen molar-refractivity contribution >= 4 is 31.1 Å². The molecule has 0 radical (unpaired) electrons. The van der Waals surface area contributed by atoms with Gasteiger partial charge in [0.15, 0.2) is 0 Å². The van der Waals surface area contributed by atoms with Gasteiger partial charge in [0.2, 0.25) is 0 Å². The number of likely N-dealkylation sites (tertiary alicyclic amines) is 1. The van der Waals surface area contributed by atoms with Gasteiger partial charge >= 0.3 is 6.09 Å². The van der Waals surface area contributed by atoms with E-state index >= 15 is 0 Å². The number of benzene rings is 1. The van der Waals surface area contributed by atoms with Gasteiger partial charge in [-0.05, 0) is 77.1 Å². The SMILES string of the molecule is COc1ccc(OCC2CC2)c(-c2ncnc3c(C(=O)N[C@@H]4CCN(C(=O)OC(C)(C)C)C[C@H]4O)c(C)n(COCC[Si](C)(C)C)c23)c1. The minimum Gasteiger partial charge on any atom is -0.497 e. The second kappa shape index (κ2) is 14.4. The van der Waals surface area contributed by atoms with Crippen molar-refractivity contribution in [3.8, 4) is 22.8 Å². The second-order valence-electron chi connectivity index (χ2n) is 15.1. The highest BCUT2D eigenvalue weighted by Crippen LogP contribution is 2.39. The zero-order valence-electron chi connectivity index (χ0n) is 29.6. The second-order valence-corrected chi connectivity index (χ2v) is 20.8. The standard InChI is InChI=1S/C35H51N5O7Si/c1-22-29(33(42)38-26-13-14-39(18-27(26)41)34(43)47-35(2,3)4)31-32(40(22)21-45-15-16-48(6,7)8)30(36-20-37-31)25-17-24(44-5)11-12-28(25)46-19-23-9-10-23/h11-12,17,20,23,26-27,41H,9-10,13-16,18-19,21H2,1-8H3,(H,38,42)/t26-,27-/m1/s1. The molecule has 1 aliphatic heterocycles. The minimum atomic E-state index is -1.34. The third-order valence-corrected chi connectivity index (χ3v) is 10.4. The first-order valence-corrected chi connectivity index (χ1v) is 20.6. The maximum atomic E-state index is 14.1. The van der Waals surface area contributed by atoms with Crippen LogP contribution in [0.25, 0.3) is 22.3 Å². The summed E-state index contributed by atoms with van der Waals surface area (Å²) >= 11 is 0. The number of fused-ring (bicyclic) bond motifs is 1. The minimum absolute atomic E-state index is 0.0529. The summed E-state index contributed by atoms with van der Waals surface area (Å²) in [6.07, 6.45) is 2.70. The number of nitrogens with one attached hydrogen (secondary N) is 1. The maximum Gasteiger partial charge on any atom is 0.410 e. The molecule has 48 heavy (non-hydrogen) atoms. The maximum absolute atomic E-state index is 14.1. The number of rotatable bonds is 12. The number of piperidine rings is 1. The van der Waals surface area contributed by atoms with Crippen LogP contribution in [0, 0.1) is 12.8 Å². The van der Waals surface area contributed by atoms with Gasteiger partial charge in [-0.25, -0.2) is 14.8 Å². The zero-order chi connectivity index (χ0) is 34.8. The Kier molecular flexibility index (Phi) is 10.7. The number of aliphatic hydroxyl groups is 1. The molecule has 2 fully saturated rings. The van der Waals surface area contributed by atoms with Crippen LogP contribution in [0.3, 0.4) is 0 Å². The zero-order valence-corrected chi connectivity index (χ0v) is 30.6. The molecule has 2 atom stereocenters. The van der Waals surface area contributed by atoms with Gasteiger partial charge in [0.05, 0.1) is 43.5 Å². The van der Waals surface area contributed by atoms with Crippen molar-refractivity contribution < 1.29 is 33.6 Å². The number of ether oxygens (including phenoxy) is 4. The Morgan fingerprint density at radius 2 is 1.88 bits per heavy atom. The van der Waals surface area contributed by atoms with Crippen LogP contribution in [-0.2, 0) is 16.2 Å². The largest absolute Gasteiger partial charge is 0.497 e. The van der Waals surface area contributed by atoms with E-state index in [1.807, 2.05) is 29.7 Å². The Morgan fingerprint density at radius 1 is 1.12 bits per heavy atom. The van der Waals surface area contributed by atoms with Crippen molar-refractivity contribution in [1.82, 2.24) is 24.8 Å².